The van der Waals surface area contributed by atoms with Crippen molar-refractivity contribution in [3.63, 3.8) is 0 Å². The number of rotatable bonds is 5. The number of hydrogen-bond acceptors (Lipinski definition) is 6. The zero-order valence-corrected chi connectivity index (χ0v) is 9.40. The molecule has 1 heterocycles. The lowest BCUT2D eigenvalue weighted by molar-refractivity contribution is -0.727. The van der Waals surface area contributed by atoms with Gasteiger partial charge in [0, 0.05) is 13.8 Å². The van der Waals surface area contributed by atoms with E-state index >= 15 is 0 Å². The van der Waals surface area contributed by atoms with Crippen molar-refractivity contribution in [2.75, 3.05) is 13.1 Å². The number of aliphatic carboxylic acids is 1. The van der Waals surface area contributed by atoms with Crippen LogP contribution in [-0.2, 0) is 19.2 Å². The summed E-state index contributed by atoms with van der Waals surface area (Å²) in [6.07, 6.45) is -0.972. The van der Waals surface area contributed by atoms with E-state index in [2.05, 4.69) is 14.9 Å². The van der Waals surface area contributed by atoms with Gasteiger partial charge in [0.05, 0.1) is 18.1 Å². The van der Waals surface area contributed by atoms with Gasteiger partial charge in [0.1, 0.15) is 5.92 Å². The van der Waals surface area contributed by atoms with E-state index in [0.717, 1.165) is 5.01 Å². The highest BCUT2D eigenvalue weighted by molar-refractivity contribution is 5.71. The van der Waals surface area contributed by atoms with E-state index in [0.29, 0.717) is 0 Å². The molecule has 0 radical (unpaired) electrons. The van der Waals surface area contributed by atoms with Crippen LogP contribution in [0, 0.1) is 11.1 Å². The van der Waals surface area contributed by atoms with Crippen LogP contribution in [0.4, 0.5) is 0 Å². The number of carboxylic acids is 1. The minimum absolute atomic E-state index is 0.0770. The first-order chi connectivity index (χ1) is 7.90. The summed E-state index contributed by atoms with van der Waals surface area (Å²) < 4.78 is 4.56. The normalized spacial score (nSPS) is 18.2. The van der Waals surface area contributed by atoms with Crippen molar-refractivity contribution in [2.24, 2.45) is 11.2 Å². The minimum Gasteiger partial charge on any atom is -0.569 e. The third-order valence-corrected chi connectivity index (χ3v) is 2.05. The van der Waals surface area contributed by atoms with Gasteiger partial charge in [-0.1, -0.05) is 0 Å². The van der Waals surface area contributed by atoms with Crippen LogP contribution in [-0.4, -0.2) is 46.4 Å². The number of carboxylic acid groups (broad SMARTS) is 1. The second-order valence-electron chi connectivity index (χ2n) is 3.52. The molecule has 9 heteroatoms. The molecule has 1 unspecified atom stereocenters. The molecule has 1 rings (SSSR count). The standard InChI is InChI=1S/C8H13N3O6/c1-5(12)16-6(2)17-9-11(15)10-3-7(4-10)8(13)14/h6-7H,3-4H2,1-2H3,(H,13,14)/b11-9+. The molecule has 0 aliphatic carbocycles. The van der Waals surface area contributed by atoms with E-state index in [1.807, 2.05) is 0 Å². The Labute approximate surface area is 96.7 Å². The van der Waals surface area contributed by atoms with Gasteiger partial charge < -0.3 is 15.1 Å². The summed E-state index contributed by atoms with van der Waals surface area (Å²) in [5, 5.41) is 24.0. The Morgan fingerprint density at radius 2 is 2.18 bits per heavy atom. The highest BCUT2D eigenvalue weighted by atomic mass is 16.8. The van der Waals surface area contributed by atoms with Crippen LogP contribution >= 0.6 is 0 Å². The highest BCUT2D eigenvalue weighted by Gasteiger charge is 2.38. The van der Waals surface area contributed by atoms with Crippen molar-refractivity contribution in [2.45, 2.75) is 20.1 Å². The molecular formula is C8H13N3O6. The fourth-order valence-electron chi connectivity index (χ4n) is 1.16. The number of nitrogens with zero attached hydrogens (tertiary/aromatic N) is 3. The van der Waals surface area contributed by atoms with Crippen LogP contribution in [0.15, 0.2) is 5.28 Å². The maximum absolute atomic E-state index is 11.2. The van der Waals surface area contributed by atoms with Crippen molar-refractivity contribution >= 4 is 11.9 Å². The average molecular weight is 247 g/mol. The Kier molecular flexibility index (Phi) is 4.07. The first-order valence-corrected chi connectivity index (χ1v) is 4.89. The zero-order chi connectivity index (χ0) is 13.0. The molecule has 17 heavy (non-hydrogen) atoms. The molecule has 1 N–H and O–H groups in total. The molecule has 0 aromatic heterocycles. The van der Waals surface area contributed by atoms with Crippen LogP contribution in [0.5, 0.6) is 0 Å². The van der Waals surface area contributed by atoms with Gasteiger partial charge in [0.15, 0.2) is 0 Å². The van der Waals surface area contributed by atoms with Crippen molar-refractivity contribution in [3.05, 3.63) is 5.21 Å². The molecule has 1 fully saturated rings. The monoisotopic (exact) mass is 247 g/mol. The Hall–Kier alpha value is -2.06. The molecule has 9 nitrogen and oxygen atoms in total. The highest BCUT2D eigenvalue weighted by Crippen LogP contribution is 2.15. The molecule has 96 valence electrons. The molecule has 0 aromatic carbocycles. The number of carbonyl (C=O) groups is 2. The van der Waals surface area contributed by atoms with Crippen molar-refractivity contribution in [1.29, 1.82) is 0 Å². The molecule has 1 aliphatic rings. The Balaban J connectivity index is 2.31. The van der Waals surface area contributed by atoms with E-state index in [1.165, 1.54) is 13.8 Å². The van der Waals surface area contributed by atoms with Crippen molar-refractivity contribution in [3.8, 4) is 0 Å². The van der Waals surface area contributed by atoms with Crippen molar-refractivity contribution in [1.82, 2.24) is 5.01 Å². The van der Waals surface area contributed by atoms with Crippen LogP contribution in [0.2, 0.25) is 0 Å². The summed E-state index contributed by atoms with van der Waals surface area (Å²) >= 11 is 0. The van der Waals surface area contributed by atoms with Gasteiger partial charge >= 0.3 is 11.9 Å². The van der Waals surface area contributed by atoms with E-state index in [-0.39, 0.29) is 18.1 Å². The first-order valence-electron chi connectivity index (χ1n) is 4.89. The zero-order valence-electron chi connectivity index (χ0n) is 9.40. The maximum atomic E-state index is 11.2. The Morgan fingerprint density at radius 3 is 2.65 bits per heavy atom. The number of ether oxygens (including phenoxy) is 1. The molecule has 1 saturated heterocycles. The third-order valence-electron chi connectivity index (χ3n) is 2.05. The lowest BCUT2D eigenvalue weighted by Gasteiger charge is -2.31. The van der Waals surface area contributed by atoms with Gasteiger partial charge in [0.2, 0.25) is 5.28 Å². The van der Waals surface area contributed by atoms with Crippen LogP contribution in [0.3, 0.4) is 0 Å². The summed E-state index contributed by atoms with van der Waals surface area (Å²) in [7, 11) is 0. The number of esters is 1. The molecule has 0 bridgehead atoms. The van der Waals surface area contributed by atoms with E-state index in [9.17, 15) is 14.8 Å². The van der Waals surface area contributed by atoms with E-state index in [4.69, 9.17) is 5.11 Å². The van der Waals surface area contributed by atoms with E-state index < -0.39 is 24.1 Å². The van der Waals surface area contributed by atoms with Gasteiger partial charge in [-0.15, -0.1) is 5.01 Å². The van der Waals surface area contributed by atoms with Crippen LogP contribution in [0.25, 0.3) is 0 Å². The first kappa shape index (κ1) is 13.0. The second kappa shape index (κ2) is 5.32. The summed E-state index contributed by atoms with van der Waals surface area (Å²) in [5.41, 5.74) is 0. The summed E-state index contributed by atoms with van der Waals surface area (Å²) in [6, 6.07) is 0. The van der Waals surface area contributed by atoms with Crippen molar-refractivity contribution < 1.29 is 29.2 Å². The van der Waals surface area contributed by atoms with Gasteiger partial charge in [0.25, 0.3) is 6.29 Å². The molecular weight excluding hydrogens is 234 g/mol. The molecule has 1 aliphatic heterocycles. The van der Waals surface area contributed by atoms with Gasteiger partial charge in [-0.25, -0.2) is 0 Å². The summed E-state index contributed by atoms with van der Waals surface area (Å²) in [4.78, 5) is 25.7. The third kappa shape index (κ3) is 3.78. The molecule has 0 aromatic rings. The number of carbonyl (C=O) groups excluding carboxylic acids is 1. The second-order valence-corrected chi connectivity index (χ2v) is 3.52. The van der Waals surface area contributed by atoms with Crippen LogP contribution < -0.4 is 0 Å². The molecule has 0 amide bonds. The largest absolute Gasteiger partial charge is 0.569 e. The topological polar surface area (TPSA) is 114 Å². The fraction of sp³-hybridized carbons (Fsp3) is 0.750. The smallest absolute Gasteiger partial charge is 0.310 e. The molecule has 0 saturated carbocycles. The van der Waals surface area contributed by atoms with Crippen LogP contribution in [0.1, 0.15) is 13.8 Å². The maximum Gasteiger partial charge on any atom is 0.310 e. The molecule has 1 atom stereocenters. The predicted octanol–water partition coefficient (Wildman–Crippen LogP) is -0.279. The quantitative estimate of drug-likeness (QED) is 0.233. The predicted molar refractivity (Wildman–Crippen MR) is 51.1 cm³/mol. The molecule has 0 spiro atoms. The minimum atomic E-state index is -0.972. The Morgan fingerprint density at radius 1 is 1.59 bits per heavy atom. The van der Waals surface area contributed by atoms with E-state index in [1.54, 1.807) is 0 Å². The number of hydrazine groups is 1. The fourth-order valence-corrected chi connectivity index (χ4v) is 1.16. The average Bonchev–Trinajstić information content (AvgIpc) is 2.10. The lowest BCUT2D eigenvalue weighted by Crippen LogP contribution is -2.53. The van der Waals surface area contributed by atoms with Gasteiger partial charge in [-0.3, -0.25) is 14.4 Å². The SMILES string of the molecule is CC(=O)OC(C)O/N=[N+](/[O-])N1CC(C(=O)O)C1. The van der Waals surface area contributed by atoms with Gasteiger partial charge in [-0.2, -0.15) is 0 Å². The lowest BCUT2D eigenvalue weighted by atomic mass is 10.0. The summed E-state index contributed by atoms with van der Waals surface area (Å²) in [6.45, 7) is 2.75. The number of hydrogen-bond donors (Lipinski definition) is 1. The van der Waals surface area contributed by atoms with Gasteiger partial charge in [-0.05, 0) is 0 Å². The summed E-state index contributed by atoms with van der Waals surface area (Å²) in [5.74, 6) is -2.07. The Bertz CT molecular complexity index is 338.